The highest BCUT2D eigenvalue weighted by molar-refractivity contribution is 5.96. The van der Waals surface area contributed by atoms with E-state index < -0.39 is 72.1 Å². The first-order chi connectivity index (χ1) is 34.4. The number of carbonyl (C=O) groups is 7. The predicted molar refractivity (Wildman–Crippen MR) is 258 cm³/mol. The number of nitrogens with one attached hydrogen (secondary N) is 2. The molecule has 7 rings (SSSR count). The van der Waals surface area contributed by atoms with Crippen molar-refractivity contribution in [2.45, 2.75) is 82.8 Å². The summed E-state index contributed by atoms with van der Waals surface area (Å²) in [6.45, 7) is 5.97. The van der Waals surface area contributed by atoms with E-state index in [1.807, 2.05) is 54.6 Å². The second-order valence-electron chi connectivity index (χ2n) is 17.6. The van der Waals surface area contributed by atoms with Crippen LogP contribution in [-0.2, 0) is 56.1 Å². The number of carbonyl (C=O) groups excluding carboxylic acids is 7. The first-order valence-corrected chi connectivity index (χ1v) is 23.7. The fourth-order valence-corrected chi connectivity index (χ4v) is 9.05. The van der Waals surface area contributed by atoms with Crippen LogP contribution in [0.4, 0.5) is 14.4 Å². The lowest BCUT2D eigenvalue weighted by Crippen LogP contribution is -2.70. The highest BCUT2D eigenvalue weighted by atomic mass is 16.6. The Kier molecular flexibility index (Phi) is 17.4. The molecule has 374 valence electrons. The van der Waals surface area contributed by atoms with E-state index in [1.54, 1.807) is 68.4 Å². The number of alkyl carbamates (subject to hydrolysis) is 1. The van der Waals surface area contributed by atoms with Gasteiger partial charge in [0.25, 0.3) is 11.8 Å². The van der Waals surface area contributed by atoms with Crippen LogP contribution in [0.1, 0.15) is 67.7 Å². The van der Waals surface area contributed by atoms with Crippen molar-refractivity contribution in [1.29, 1.82) is 0 Å². The van der Waals surface area contributed by atoms with E-state index in [-0.39, 0.29) is 77.7 Å². The summed E-state index contributed by atoms with van der Waals surface area (Å²) in [5, 5.41) is 9.27. The Balaban J connectivity index is 1.20. The van der Waals surface area contributed by atoms with E-state index in [2.05, 4.69) is 17.2 Å². The van der Waals surface area contributed by atoms with E-state index in [0.29, 0.717) is 11.1 Å². The van der Waals surface area contributed by atoms with Crippen molar-refractivity contribution in [1.82, 2.24) is 30.7 Å². The standard InChI is InChI=1S/C53H60N6O12/c1-5-30-68-50(63)43(34-67-4)54-47(60)44-26-16-28-56(52(65)70-31-36-18-8-6-9-19-36)58(44)48(61)45-27-17-29-57(53(66)71-32-37-20-10-7-11-21-37)59(45)49(62)46(35(2)3)55-51(64)69-33-42-40-24-14-12-22-38(40)39-23-13-15-25-41(39)42/h5-15,18-25,35,42-46H,1,16-17,26-34H2,2-4H3,(H,54,60)(H,55,64)/t43-,44+,45-,46+/m0/s1. The summed E-state index contributed by atoms with van der Waals surface area (Å²) < 4.78 is 27.8. The summed E-state index contributed by atoms with van der Waals surface area (Å²) in [6.07, 6.45) is -1.10. The molecule has 2 fully saturated rings. The fourth-order valence-electron chi connectivity index (χ4n) is 9.05. The van der Waals surface area contributed by atoms with Gasteiger partial charge in [0, 0.05) is 26.1 Å². The van der Waals surface area contributed by atoms with Crippen molar-refractivity contribution in [3.63, 3.8) is 0 Å². The lowest BCUT2D eigenvalue weighted by atomic mass is 9.98. The normalized spacial score (nSPS) is 17.2. The van der Waals surface area contributed by atoms with Gasteiger partial charge in [-0.25, -0.2) is 39.2 Å². The Morgan fingerprint density at radius 2 is 1.18 bits per heavy atom. The zero-order chi connectivity index (χ0) is 50.4. The number of methoxy groups -OCH3 is 1. The number of amides is 6. The van der Waals surface area contributed by atoms with Gasteiger partial charge >= 0.3 is 24.2 Å². The summed E-state index contributed by atoms with van der Waals surface area (Å²) >= 11 is 0. The van der Waals surface area contributed by atoms with E-state index >= 15 is 9.59 Å². The largest absolute Gasteiger partial charge is 0.460 e. The second-order valence-corrected chi connectivity index (χ2v) is 17.6. The lowest BCUT2D eigenvalue weighted by molar-refractivity contribution is -0.184. The molecule has 0 aromatic heterocycles. The molecule has 2 aliphatic heterocycles. The third-order valence-electron chi connectivity index (χ3n) is 12.5. The van der Waals surface area contributed by atoms with Gasteiger partial charge in [-0.1, -0.05) is 136 Å². The maximum Gasteiger partial charge on any atom is 0.429 e. The topological polar surface area (TPSA) is 203 Å². The predicted octanol–water partition coefficient (Wildman–Crippen LogP) is 6.50. The fraction of sp³-hybridized carbons (Fsp3) is 0.377. The average molecular weight is 973 g/mol. The Bertz CT molecular complexity index is 2500. The van der Waals surface area contributed by atoms with Gasteiger partial charge in [-0.2, -0.15) is 0 Å². The third-order valence-corrected chi connectivity index (χ3v) is 12.5. The lowest BCUT2D eigenvalue weighted by Gasteiger charge is -2.48. The monoisotopic (exact) mass is 972 g/mol. The molecule has 4 aromatic carbocycles. The zero-order valence-electron chi connectivity index (χ0n) is 40.1. The highest BCUT2D eigenvalue weighted by Gasteiger charge is 2.50. The Hall–Kier alpha value is -7.73. The quantitative estimate of drug-likeness (QED) is 0.0662. The summed E-state index contributed by atoms with van der Waals surface area (Å²) in [7, 11) is 1.33. The van der Waals surface area contributed by atoms with Gasteiger partial charge in [0.05, 0.1) is 6.61 Å². The van der Waals surface area contributed by atoms with Crippen LogP contribution in [0.15, 0.2) is 122 Å². The van der Waals surface area contributed by atoms with Gasteiger partial charge in [-0.15, -0.1) is 0 Å². The van der Waals surface area contributed by atoms with Gasteiger partial charge in [-0.3, -0.25) is 14.4 Å². The van der Waals surface area contributed by atoms with Crippen LogP contribution >= 0.6 is 0 Å². The number of benzene rings is 4. The highest BCUT2D eigenvalue weighted by Crippen LogP contribution is 2.44. The Morgan fingerprint density at radius 1 is 0.662 bits per heavy atom. The molecule has 1 aliphatic carbocycles. The summed E-state index contributed by atoms with van der Waals surface area (Å²) in [6, 6.07) is 27.8. The molecule has 18 heteroatoms. The van der Waals surface area contributed by atoms with Crippen LogP contribution < -0.4 is 10.6 Å². The molecule has 0 spiro atoms. The van der Waals surface area contributed by atoms with Gasteiger partial charge in [-0.05, 0) is 65.0 Å². The van der Waals surface area contributed by atoms with Crippen LogP contribution in [0.5, 0.6) is 0 Å². The molecular formula is C53H60N6O12. The van der Waals surface area contributed by atoms with Gasteiger partial charge < -0.3 is 34.3 Å². The zero-order valence-corrected chi connectivity index (χ0v) is 40.1. The molecule has 2 saturated heterocycles. The van der Waals surface area contributed by atoms with Crippen LogP contribution in [0.2, 0.25) is 0 Å². The van der Waals surface area contributed by atoms with Crippen molar-refractivity contribution in [3.05, 3.63) is 144 Å². The SMILES string of the molecule is C=CCOC(=O)[C@H](COC)NC(=O)[C@H]1CCCN(C(=O)OCc2ccccc2)N1C(=O)[C@@H]1CCCN(C(=O)OCc2ccccc2)N1C(=O)[C@H](NC(=O)OCC1c2ccccc2-c2ccccc21)C(C)C. The van der Waals surface area contributed by atoms with E-state index in [4.69, 9.17) is 23.7 Å². The maximum absolute atomic E-state index is 15.6. The average Bonchev–Trinajstić information content (AvgIpc) is 3.72. The molecular weight excluding hydrogens is 913 g/mol. The summed E-state index contributed by atoms with van der Waals surface area (Å²) in [4.78, 5) is 101. The van der Waals surface area contributed by atoms with Crippen LogP contribution in [0.3, 0.4) is 0 Å². The summed E-state index contributed by atoms with van der Waals surface area (Å²) in [5.74, 6) is -4.34. The third kappa shape index (κ3) is 12.2. The van der Waals surface area contributed by atoms with E-state index in [0.717, 1.165) is 42.3 Å². The number of fused-ring (bicyclic) bond motifs is 3. The van der Waals surface area contributed by atoms with Crippen molar-refractivity contribution < 1.29 is 57.2 Å². The Labute approximate surface area is 412 Å². The number of ether oxygens (including phenoxy) is 5. The number of rotatable bonds is 17. The molecule has 0 saturated carbocycles. The van der Waals surface area contributed by atoms with Crippen molar-refractivity contribution >= 4 is 42.0 Å². The smallest absolute Gasteiger partial charge is 0.429 e. The minimum absolute atomic E-state index is 0.0168. The first kappa shape index (κ1) is 51.1. The minimum Gasteiger partial charge on any atom is -0.460 e. The van der Waals surface area contributed by atoms with Crippen LogP contribution in [0, 0.1) is 5.92 Å². The molecule has 0 unspecified atom stereocenters. The van der Waals surface area contributed by atoms with Gasteiger partial charge in [0.1, 0.15) is 44.6 Å². The van der Waals surface area contributed by atoms with Gasteiger partial charge in [0.15, 0.2) is 6.04 Å². The molecule has 3 aliphatic rings. The van der Waals surface area contributed by atoms with Crippen LogP contribution in [-0.4, -0.2) is 126 Å². The Morgan fingerprint density at radius 3 is 1.72 bits per heavy atom. The van der Waals surface area contributed by atoms with Crippen molar-refractivity contribution in [2.75, 3.05) is 40.0 Å². The maximum atomic E-state index is 15.6. The number of nitrogens with zero attached hydrogens (tertiary/aromatic N) is 4. The molecule has 18 nitrogen and oxygen atoms in total. The van der Waals surface area contributed by atoms with Crippen LogP contribution in [0.25, 0.3) is 11.1 Å². The molecule has 71 heavy (non-hydrogen) atoms. The number of esters is 1. The van der Waals surface area contributed by atoms with E-state index in [9.17, 15) is 24.0 Å². The van der Waals surface area contributed by atoms with Crippen molar-refractivity contribution in [3.8, 4) is 11.1 Å². The molecule has 0 bridgehead atoms. The number of hydrazine groups is 2. The molecule has 0 radical (unpaired) electrons. The minimum atomic E-state index is -1.55. The van der Waals surface area contributed by atoms with E-state index in [1.165, 1.54) is 13.2 Å². The first-order valence-electron chi connectivity index (χ1n) is 23.7. The molecule has 4 atom stereocenters. The number of hydrogen-bond acceptors (Lipinski definition) is 12. The molecule has 2 heterocycles. The van der Waals surface area contributed by atoms with Crippen molar-refractivity contribution in [2.24, 2.45) is 5.92 Å². The van der Waals surface area contributed by atoms with Gasteiger partial charge in [0.2, 0.25) is 5.91 Å². The molecule has 6 amide bonds. The molecule has 4 aromatic rings. The second kappa shape index (κ2) is 24.2. The summed E-state index contributed by atoms with van der Waals surface area (Å²) in [5.41, 5.74) is 5.35. The molecule has 2 N–H and O–H groups in total. The number of hydrogen-bond donors (Lipinski definition) is 2.